The third-order valence-electron chi connectivity index (χ3n) is 2.37. The Labute approximate surface area is 87.3 Å². The maximum absolute atomic E-state index is 13.4. The van der Waals surface area contributed by atoms with Crippen LogP contribution in [-0.4, -0.2) is 18.9 Å². The number of hydrogen-bond donors (Lipinski definition) is 1. The van der Waals surface area contributed by atoms with Crippen molar-refractivity contribution in [1.29, 1.82) is 0 Å². The van der Waals surface area contributed by atoms with Crippen LogP contribution in [-0.2, 0) is 0 Å². The first kappa shape index (κ1) is 11.8. The van der Waals surface area contributed by atoms with Gasteiger partial charge in [0.1, 0.15) is 0 Å². The molecule has 0 aliphatic heterocycles. The van der Waals surface area contributed by atoms with Gasteiger partial charge in [-0.2, -0.15) is 0 Å². The molecule has 0 aromatic heterocycles. The average molecular weight is 213 g/mol. The molecule has 1 N–H and O–H groups in total. The quantitative estimate of drug-likeness (QED) is 0.779. The fourth-order valence-corrected chi connectivity index (χ4v) is 1.20. The number of benzene rings is 1. The van der Waals surface area contributed by atoms with Crippen molar-refractivity contribution in [2.24, 2.45) is 0 Å². The summed E-state index contributed by atoms with van der Waals surface area (Å²) in [4.78, 5) is 11.6. The van der Waals surface area contributed by atoms with Gasteiger partial charge in [0.2, 0.25) is 0 Å². The van der Waals surface area contributed by atoms with Gasteiger partial charge in [-0.15, -0.1) is 0 Å². The van der Waals surface area contributed by atoms with Crippen LogP contribution in [0.4, 0.5) is 8.78 Å². The minimum Gasteiger partial charge on any atom is -0.310 e. The Balaban J connectivity index is 3.16. The predicted octanol–water partition coefficient (Wildman–Crippen LogP) is 2.06. The maximum atomic E-state index is 13.4. The molecule has 0 saturated heterocycles. The Morgan fingerprint density at radius 3 is 2.47 bits per heavy atom. The molecule has 4 heteroatoms. The zero-order chi connectivity index (χ0) is 11.6. The highest BCUT2D eigenvalue weighted by atomic mass is 19.2. The molecule has 0 saturated carbocycles. The van der Waals surface area contributed by atoms with Crippen LogP contribution in [0.2, 0.25) is 0 Å². The lowest BCUT2D eigenvalue weighted by atomic mass is 10.0. The lowest BCUT2D eigenvalue weighted by Gasteiger charge is -2.10. The number of halogens is 2. The number of aryl methyl sites for hydroxylation is 1. The van der Waals surface area contributed by atoms with Crippen molar-refractivity contribution in [3.8, 4) is 0 Å². The van der Waals surface area contributed by atoms with Crippen molar-refractivity contribution in [2.45, 2.75) is 19.9 Å². The van der Waals surface area contributed by atoms with Crippen molar-refractivity contribution in [3.63, 3.8) is 0 Å². The molecule has 1 unspecified atom stereocenters. The van der Waals surface area contributed by atoms with E-state index in [0.717, 1.165) is 0 Å². The van der Waals surface area contributed by atoms with E-state index in [0.29, 0.717) is 0 Å². The highest BCUT2D eigenvalue weighted by Crippen LogP contribution is 2.16. The number of hydrogen-bond acceptors (Lipinski definition) is 2. The van der Waals surface area contributed by atoms with Crippen molar-refractivity contribution in [2.75, 3.05) is 7.05 Å². The second-order valence-corrected chi connectivity index (χ2v) is 3.43. The predicted molar refractivity (Wildman–Crippen MR) is 53.9 cm³/mol. The van der Waals surface area contributed by atoms with Crippen molar-refractivity contribution >= 4 is 5.78 Å². The van der Waals surface area contributed by atoms with Crippen molar-refractivity contribution < 1.29 is 13.6 Å². The van der Waals surface area contributed by atoms with Crippen LogP contribution >= 0.6 is 0 Å². The van der Waals surface area contributed by atoms with Gasteiger partial charge in [0, 0.05) is 0 Å². The molecular weight excluding hydrogens is 200 g/mol. The molecule has 0 fully saturated rings. The number of rotatable bonds is 3. The second-order valence-electron chi connectivity index (χ2n) is 3.43. The third-order valence-corrected chi connectivity index (χ3v) is 2.37. The summed E-state index contributed by atoms with van der Waals surface area (Å²) < 4.78 is 26.6. The van der Waals surface area contributed by atoms with E-state index in [9.17, 15) is 13.6 Å². The fourth-order valence-electron chi connectivity index (χ4n) is 1.20. The van der Waals surface area contributed by atoms with Crippen LogP contribution in [0.5, 0.6) is 0 Å². The Morgan fingerprint density at radius 1 is 1.33 bits per heavy atom. The molecule has 0 aliphatic rings. The molecule has 0 radical (unpaired) electrons. The minimum atomic E-state index is -1.07. The first-order chi connectivity index (χ1) is 6.99. The number of carbonyl (C=O) groups excluding carboxylic acids is 1. The molecule has 0 spiro atoms. The number of carbonyl (C=O) groups is 1. The van der Waals surface area contributed by atoms with Gasteiger partial charge < -0.3 is 5.32 Å². The molecule has 1 aromatic carbocycles. The highest BCUT2D eigenvalue weighted by molar-refractivity contribution is 6.00. The van der Waals surface area contributed by atoms with Crippen LogP contribution in [0, 0.1) is 18.6 Å². The van der Waals surface area contributed by atoms with Gasteiger partial charge in [-0.25, -0.2) is 8.78 Å². The van der Waals surface area contributed by atoms with Crippen LogP contribution in [0.1, 0.15) is 22.8 Å². The van der Waals surface area contributed by atoms with E-state index < -0.39 is 23.5 Å². The molecule has 0 aliphatic carbocycles. The van der Waals surface area contributed by atoms with E-state index in [1.54, 1.807) is 14.0 Å². The molecular formula is C11H13F2NO. The first-order valence-corrected chi connectivity index (χ1v) is 4.65. The Kier molecular flexibility index (Phi) is 3.52. The Bertz CT molecular complexity index is 390. The zero-order valence-corrected chi connectivity index (χ0v) is 8.90. The Morgan fingerprint density at radius 2 is 1.93 bits per heavy atom. The lowest BCUT2D eigenvalue weighted by Crippen LogP contribution is -2.31. The van der Waals surface area contributed by atoms with Gasteiger partial charge in [-0.1, -0.05) is 6.07 Å². The number of Topliss-reactive ketones (excluding diaryl/α,β-unsaturated/α-hetero) is 1. The second kappa shape index (κ2) is 4.49. The normalized spacial score (nSPS) is 12.6. The van der Waals surface area contributed by atoms with Gasteiger partial charge in [0.05, 0.1) is 11.6 Å². The third kappa shape index (κ3) is 2.21. The first-order valence-electron chi connectivity index (χ1n) is 4.65. The van der Waals surface area contributed by atoms with Crippen LogP contribution in [0.15, 0.2) is 12.1 Å². The average Bonchev–Trinajstić information content (AvgIpc) is 2.24. The van der Waals surface area contributed by atoms with Gasteiger partial charge >= 0.3 is 0 Å². The summed E-state index contributed by atoms with van der Waals surface area (Å²) in [5, 5.41) is 2.69. The molecule has 0 heterocycles. The molecule has 15 heavy (non-hydrogen) atoms. The minimum absolute atomic E-state index is 0.196. The van der Waals surface area contributed by atoms with E-state index in [4.69, 9.17) is 0 Å². The van der Waals surface area contributed by atoms with E-state index in [1.165, 1.54) is 19.1 Å². The van der Waals surface area contributed by atoms with E-state index in [-0.39, 0.29) is 11.1 Å². The topological polar surface area (TPSA) is 29.1 Å². The van der Waals surface area contributed by atoms with E-state index >= 15 is 0 Å². The molecule has 1 rings (SSSR count). The van der Waals surface area contributed by atoms with Crippen LogP contribution in [0.3, 0.4) is 0 Å². The standard InChI is InChI=1S/C11H13F2NO/c1-6-4-5-8(10(13)9(6)12)11(15)7(2)14-3/h4-5,7,14H,1-3H3. The summed E-state index contributed by atoms with van der Waals surface area (Å²) in [7, 11) is 1.59. The molecule has 1 aromatic rings. The summed E-state index contributed by atoms with van der Waals surface area (Å²) in [5.74, 6) is -2.47. The Hall–Kier alpha value is -1.29. The molecule has 0 bridgehead atoms. The van der Waals surface area contributed by atoms with Crippen LogP contribution < -0.4 is 5.32 Å². The smallest absolute Gasteiger partial charge is 0.182 e. The monoisotopic (exact) mass is 213 g/mol. The van der Waals surface area contributed by atoms with Crippen molar-refractivity contribution in [1.82, 2.24) is 5.32 Å². The zero-order valence-electron chi connectivity index (χ0n) is 8.90. The maximum Gasteiger partial charge on any atom is 0.182 e. The highest BCUT2D eigenvalue weighted by Gasteiger charge is 2.20. The molecule has 1 atom stereocenters. The van der Waals surface area contributed by atoms with Gasteiger partial charge in [-0.3, -0.25) is 4.79 Å². The van der Waals surface area contributed by atoms with E-state index in [1.807, 2.05) is 0 Å². The molecule has 82 valence electrons. The number of likely N-dealkylation sites (N-methyl/N-ethyl adjacent to an activating group) is 1. The molecule has 2 nitrogen and oxygen atoms in total. The number of nitrogens with one attached hydrogen (secondary N) is 1. The summed E-state index contributed by atoms with van der Waals surface area (Å²) in [6.45, 7) is 3.05. The van der Waals surface area contributed by atoms with Gasteiger partial charge in [-0.05, 0) is 32.5 Å². The molecule has 0 amide bonds. The largest absolute Gasteiger partial charge is 0.310 e. The SMILES string of the molecule is CNC(C)C(=O)c1ccc(C)c(F)c1F. The lowest BCUT2D eigenvalue weighted by molar-refractivity contribution is 0.0950. The van der Waals surface area contributed by atoms with Gasteiger partial charge in [0.15, 0.2) is 17.4 Å². The van der Waals surface area contributed by atoms with Crippen molar-refractivity contribution in [3.05, 3.63) is 34.9 Å². The summed E-state index contributed by atoms with van der Waals surface area (Å²) >= 11 is 0. The fraction of sp³-hybridized carbons (Fsp3) is 0.364. The van der Waals surface area contributed by atoms with E-state index in [2.05, 4.69) is 5.32 Å². The van der Waals surface area contributed by atoms with Gasteiger partial charge in [0.25, 0.3) is 0 Å². The summed E-state index contributed by atoms with van der Waals surface area (Å²) in [6, 6.07) is 2.18. The summed E-state index contributed by atoms with van der Waals surface area (Å²) in [5.41, 5.74) is -0.0129. The van der Waals surface area contributed by atoms with Crippen LogP contribution in [0.25, 0.3) is 0 Å². The number of ketones is 1. The summed E-state index contributed by atoms with van der Waals surface area (Å²) in [6.07, 6.45) is 0.